The Morgan fingerprint density at radius 2 is 2.10 bits per heavy atom. The Bertz CT molecular complexity index is 395. The second-order valence-corrected chi connectivity index (χ2v) is 6.19. The number of aromatic nitrogens is 1. The van der Waals surface area contributed by atoms with Gasteiger partial charge in [-0.3, -0.25) is 0 Å². The summed E-state index contributed by atoms with van der Waals surface area (Å²) in [6.07, 6.45) is 4.49. The molecule has 0 saturated heterocycles. The maximum Gasteiger partial charge on any atom is 0.129 e. The van der Waals surface area contributed by atoms with Crippen LogP contribution in [0.5, 0.6) is 0 Å². The highest BCUT2D eigenvalue weighted by Gasteiger charge is 2.14. The molecule has 3 nitrogen and oxygen atoms in total. The van der Waals surface area contributed by atoms with Gasteiger partial charge < -0.3 is 10.2 Å². The summed E-state index contributed by atoms with van der Waals surface area (Å²) in [7, 11) is 2.16. The average Bonchev–Trinajstić information content (AvgIpc) is 2.43. The Hall–Kier alpha value is -0.740. The Kier molecular flexibility index (Phi) is 8.00. The molecule has 0 aromatic carbocycles. The number of hydrogen-bond donors (Lipinski definition) is 1. The number of thioether (sulfide) groups is 1. The molecule has 0 saturated carbocycles. The Balaban J connectivity index is 2.82. The zero-order valence-corrected chi connectivity index (χ0v) is 14.4. The molecule has 0 spiro atoms. The zero-order valence-electron chi connectivity index (χ0n) is 13.6. The van der Waals surface area contributed by atoms with Crippen molar-refractivity contribution in [2.45, 2.75) is 46.2 Å². The van der Waals surface area contributed by atoms with Crippen LogP contribution in [-0.4, -0.2) is 36.6 Å². The fourth-order valence-electron chi connectivity index (χ4n) is 2.30. The van der Waals surface area contributed by atoms with Gasteiger partial charge in [-0.25, -0.2) is 4.98 Å². The van der Waals surface area contributed by atoms with E-state index in [4.69, 9.17) is 4.98 Å². The molecule has 0 aliphatic rings. The largest absolute Gasteiger partial charge is 0.356 e. The van der Waals surface area contributed by atoms with E-state index in [1.807, 2.05) is 11.8 Å². The summed E-state index contributed by atoms with van der Waals surface area (Å²) >= 11 is 1.90. The van der Waals surface area contributed by atoms with E-state index in [1.54, 1.807) is 0 Å². The van der Waals surface area contributed by atoms with E-state index in [9.17, 15) is 0 Å². The van der Waals surface area contributed by atoms with Crippen LogP contribution in [0.4, 0.5) is 5.82 Å². The third-order valence-electron chi connectivity index (χ3n) is 3.49. The van der Waals surface area contributed by atoms with Crippen molar-refractivity contribution in [1.29, 1.82) is 0 Å². The van der Waals surface area contributed by atoms with Crippen molar-refractivity contribution in [3.05, 3.63) is 23.4 Å². The Morgan fingerprint density at radius 1 is 1.35 bits per heavy atom. The molecule has 114 valence electrons. The highest BCUT2D eigenvalue weighted by Crippen LogP contribution is 2.19. The van der Waals surface area contributed by atoms with Gasteiger partial charge in [0.1, 0.15) is 5.82 Å². The molecule has 1 unspecified atom stereocenters. The molecule has 0 aliphatic heterocycles. The number of aryl methyl sites for hydroxylation is 1. The van der Waals surface area contributed by atoms with E-state index >= 15 is 0 Å². The van der Waals surface area contributed by atoms with Gasteiger partial charge in [-0.2, -0.15) is 11.8 Å². The lowest BCUT2D eigenvalue weighted by Gasteiger charge is -2.28. The molecule has 0 fully saturated rings. The molecule has 4 heteroatoms. The van der Waals surface area contributed by atoms with E-state index in [0.29, 0.717) is 6.04 Å². The summed E-state index contributed by atoms with van der Waals surface area (Å²) in [6.45, 7) is 8.51. The lowest BCUT2D eigenvalue weighted by molar-refractivity contribution is 0.658. The van der Waals surface area contributed by atoms with Gasteiger partial charge >= 0.3 is 0 Å². The monoisotopic (exact) mass is 295 g/mol. The van der Waals surface area contributed by atoms with Gasteiger partial charge in [-0.1, -0.05) is 13.8 Å². The standard InChI is InChI=1S/C16H29N3S/c1-6-8-17-11-14-9-13(3)18-16(10-14)19(4)15(7-2)12-20-5/h9-10,15,17H,6-8,11-12H2,1-5H3. The molecule has 0 aliphatic carbocycles. The maximum atomic E-state index is 4.70. The van der Waals surface area contributed by atoms with Gasteiger partial charge in [0, 0.05) is 31.1 Å². The third kappa shape index (κ3) is 5.33. The van der Waals surface area contributed by atoms with Gasteiger partial charge in [0.15, 0.2) is 0 Å². The molecule has 1 N–H and O–H groups in total. The summed E-state index contributed by atoms with van der Waals surface area (Å²) in [5, 5.41) is 3.46. The van der Waals surface area contributed by atoms with Crippen LogP contribution in [0.2, 0.25) is 0 Å². The summed E-state index contributed by atoms with van der Waals surface area (Å²) in [4.78, 5) is 7.03. The van der Waals surface area contributed by atoms with E-state index in [-0.39, 0.29) is 0 Å². The topological polar surface area (TPSA) is 28.2 Å². The molecule has 0 radical (unpaired) electrons. The fourth-order valence-corrected chi connectivity index (χ4v) is 3.14. The van der Waals surface area contributed by atoms with Crippen LogP contribution < -0.4 is 10.2 Å². The van der Waals surface area contributed by atoms with Crippen LogP contribution in [0.3, 0.4) is 0 Å². The van der Waals surface area contributed by atoms with E-state index in [1.165, 1.54) is 12.0 Å². The maximum absolute atomic E-state index is 4.70. The smallest absolute Gasteiger partial charge is 0.129 e. The predicted molar refractivity (Wildman–Crippen MR) is 91.8 cm³/mol. The van der Waals surface area contributed by atoms with Crippen LogP contribution >= 0.6 is 11.8 Å². The van der Waals surface area contributed by atoms with Crippen molar-refractivity contribution >= 4 is 17.6 Å². The highest BCUT2D eigenvalue weighted by atomic mass is 32.2. The molecule has 1 rings (SSSR count). The zero-order chi connectivity index (χ0) is 15.0. The van der Waals surface area contributed by atoms with E-state index in [0.717, 1.165) is 36.8 Å². The van der Waals surface area contributed by atoms with Crippen LogP contribution in [-0.2, 0) is 6.54 Å². The van der Waals surface area contributed by atoms with Crippen LogP contribution in [0.15, 0.2) is 12.1 Å². The number of hydrogen-bond acceptors (Lipinski definition) is 4. The van der Waals surface area contributed by atoms with E-state index in [2.05, 4.69) is 56.4 Å². The Morgan fingerprint density at radius 3 is 2.70 bits per heavy atom. The van der Waals surface area contributed by atoms with Crippen molar-refractivity contribution < 1.29 is 0 Å². The van der Waals surface area contributed by atoms with Crippen LogP contribution in [0.1, 0.15) is 37.9 Å². The summed E-state index contributed by atoms with van der Waals surface area (Å²) in [5.41, 5.74) is 2.42. The van der Waals surface area contributed by atoms with Crippen molar-refractivity contribution in [1.82, 2.24) is 10.3 Å². The molecule has 1 aromatic rings. The minimum Gasteiger partial charge on any atom is -0.356 e. The average molecular weight is 295 g/mol. The highest BCUT2D eigenvalue weighted by molar-refractivity contribution is 7.98. The van der Waals surface area contributed by atoms with E-state index < -0.39 is 0 Å². The first kappa shape index (κ1) is 17.3. The first-order chi connectivity index (χ1) is 9.62. The number of pyridine rings is 1. The molecular weight excluding hydrogens is 266 g/mol. The van der Waals surface area contributed by atoms with Crippen molar-refractivity contribution in [3.63, 3.8) is 0 Å². The lowest BCUT2D eigenvalue weighted by atomic mass is 10.2. The molecule has 0 amide bonds. The molecule has 1 heterocycles. The van der Waals surface area contributed by atoms with Crippen molar-refractivity contribution in [2.24, 2.45) is 0 Å². The lowest BCUT2D eigenvalue weighted by Crippen LogP contribution is -2.34. The normalized spacial score (nSPS) is 12.4. The molecule has 1 atom stereocenters. The predicted octanol–water partition coefficient (Wildman–Crippen LogP) is 3.47. The van der Waals surface area contributed by atoms with Crippen LogP contribution in [0.25, 0.3) is 0 Å². The second kappa shape index (κ2) is 9.24. The quantitative estimate of drug-likeness (QED) is 0.706. The molecule has 20 heavy (non-hydrogen) atoms. The number of anilines is 1. The minimum atomic E-state index is 0.552. The SMILES string of the molecule is CCCNCc1cc(C)nc(N(C)C(CC)CSC)c1. The fraction of sp³-hybridized carbons (Fsp3) is 0.688. The molecular formula is C16H29N3S. The summed E-state index contributed by atoms with van der Waals surface area (Å²) < 4.78 is 0. The molecule has 0 bridgehead atoms. The first-order valence-electron chi connectivity index (χ1n) is 7.52. The number of nitrogens with zero attached hydrogens (tertiary/aromatic N) is 2. The minimum absolute atomic E-state index is 0.552. The van der Waals surface area contributed by atoms with Gasteiger partial charge in [-0.05, 0) is 50.3 Å². The Labute approximate surface area is 128 Å². The second-order valence-electron chi connectivity index (χ2n) is 5.28. The first-order valence-corrected chi connectivity index (χ1v) is 8.91. The van der Waals surface area contributed by atoms with Gasteiger partial charge in [0.2, 0.25) is 0 Å². The summed E-state index contributed by atoms with van der Waals surface area (Å²) in [6, 6.07) is 4.95. The van der Waals surface area contributed by atoms with Crippen LogP contribution in [0, 0.1) is 6.92 Å². The van der Waals surface area contributed by atoms with Crippen molar-refractivity contribution in [3.8, 4) is 0 Å². The van der Waals surface area contributed by atoms with Gasteiger partial charge in [0.25, 0.3) is 0 Å². The van der Waals surface area contributed by atoms with Gasteiger partial charge in [-0.15, -0.1) is 0 Å². The molecule has 1 aromatic heterocycles. The van der Waals surface area contributed by atoms with Gasteiger partial charge in [0.05, 0.1) is 0 Å². The number of rotatable bonds is 9. The third-order valence-corrected chi connectivity index (χ3v) is 4.21. The number of nitrogens with one attached hydrogen (secondary N) is 1. The summed E-state index contributed by atoms with van der Waals surface area (Å²) in [5.74, 6) is 2.24. The van der Waals surface area contributed by atoms with Crippen molar-refractivity contribution in [2.75, 3.05) is 30.5 Å².